The van der Waals surface area contributed by atoms with Crippen LogP contribution < -0.4 is 15.7 Å². The predicted molar refractivity (Wildman–Crippen MR) is 163 cm³/mol. The van der Waals surface area contributed by atoms with Crippen LogP contribution in [0.1, 0.15) is 11.1 Å². The lowest BCUT2D eigenvalue weighted by atomic mass is 10.1. The topological polar surface area (TPSA) is 156 Å². The number of rotatable bonds is 8. The Kier molecular flexibility index (Phi) is 8.23. The third kappa shape index (κ3) is 6.44. The Balaban J connectivity index is 1.52. The Bertz CT molecular complexity index is 2150. The molecule has 0 atom stereocenters. The standard InChI is InChI=1S/C29H19ClF3N5O6S/c30-18-8-10-19(11-9-18)36-45(43,44)21-12-13-25(26(15-21)38(41)42)35-34-16-24-22-6-1-2-7-23(22)27(39)37(28(24)40)20-5-3-4-17(14-20)29(31,32)33/h1-16,35-36,40H/b34-16-. The van der Waals surface area contributed by atoms with Crippen molar-refractivity contribution in [3.63, 3.8) is 0 Å². The van der Waals surface area contributed by atoms with Crippen LogP contribution in [-0.4, -0.2) is 29.2 Å². The molecule has 1 aromatic heterocycles. The van der Waals surface area contributed by atoms with Crippen molar-refractivity contribution in [2.45, 2.75) is 11.1 Å². The highest BCUT2D eigenvalue weighted by atomic mass is 35.5. The highest BCUT2D eigenvalue weighted by molar-refractivity contribution is 7.92. The maximum Gasteiger partial charge on any atom is 0.416 e. The number of fused-ring (bicyclic) bond motifs is 1. The van der Waals surface area contributed by atoms with Gasteiger partial charge in [0.1, 0.15) is 5.69 Å². The predicted octanol–water partition coefficient (Wildman–Crippen LogP) is 6.52. The van der Waals surface area contributed by atoms with Gasteiger partial charge in [-0.25, -0.2) is 13.0 Å². The maximum atomic E-state index is 13.4. The zero-order chi connectivity index (χ0) is 32.5. The first kappa shape index (κ1) is 31.0. The van der Waals surface area contributed by atoms with E-state index in [-0.39, 0.29) is 33.4 Å². The van der Waals surface area contributed by atoms with Crippen molar-refractivity contribution in [1.82, 2.24) is 4.57 Å². The van der Waals surface area contributed by atoms with Crippen molar-refractivity contribution in [2.24, 2.45) is 5.10 Å². The molecule has 0 bridgehead atoms. The molecule has 0 aliphatic heterocycles. The molecule has 0 amide bonds. The third-order valence-corrected chi connectivity index (χ3v) is 8.12. The van der Waals surface area contributed by atoms with Crippen molar-refractivity contribution in [2.75, 3.05) is 10.1 Å². The number of alkyl halides is 3. The largest absolute Gasteiger partial charge is 0.494 e. The van der Waals surface area contributed by atoms with Gasteiger partial charge in [0.25, 0.3) is 21.3 Å². The molecule has 0 aliphatic rings. The van der Waals surface area contributed by atoms with Crippen molar-refractivity contribution in [3.05, 3.63) is 128 Å². The summed E-state index contributed by atoms with van der Waals surface area (Å²) in [6.45, 7) is 0. The van der Waals surface area contributed by atoms with E-state index in [1.165, 1.54) is 48.5 Å². The molecule has 0 fully saturated rings. The average Bonchev–Trinajstić information content (AvgIpc) is 2.99. The molecule has 1 heterocycles. The third-order valence-electron chi connectivity index (χ3n) is 6.49. The molecule has 0 saturated heterocycles. The van der Waals surface area contributed by atoms with Crippen LogP contribution in [-0.2, 0) is 16.2 Å². The zero-order valence-corrected chi connectivity index (χ0v) is 24.1. The first-order valence-electron chi connectivity index (χ1n) is 12.7. The number of halogens is 4. The number of sulfonamides is 1. The van der Waals surface area contributed by atoms with Crippen LogP contribution in [0.4, 0.5) is 30.2 Å². The second-order valence-corrected chi connectivity index (χ2v) is 11.5. The lowest BCUT2D eigenvalue weighted by Gasteiger charge is -2.15. The van der Waals surface area contributed by atoms with Crippen LogP contribution >= 0.6 is 11.6 Å². The monoisotopic (exact) mass is 657 g/mol. The van der Waals surface area contributed by atoms with Gasteiger partial charge in [0.15, 0.2) is 0 Å². The molecule has 0 spiro atoms. The molecule has 0 saturated carbocycles. The average molecular weight is 658 g/mol. The van der Waals surface area contributed by atoms with E-state index in [4.69, 9.17) is 11.6 Å². The number of hydrazone groups is 1. The number of hydrogen-bond acceptors (Lipinski definition) is 8. The normalized spacial score (nSPS) is 12.0. The van der Waals surface area contributed by atoms with E-state index in [9.17, 15) is 41.6 Å². The summed E-state index contributed by atoms with van der Waals surface area (Å²) in [4.78, 5) is 23.8. The number of anilines is 2. The second-order valence-electron chi connectivity index (χ2n) is 9.39. The van der Waals surface area contributed by atoms with Crippen LogP contribution in [0.15, 0.2) is 106 Å². The molecule has 4 aromatic carbocycles. The SMILES string of the molecule is O=c1c2ccccc2c(/C=N\Nc2ccc(S(=O)(=O)Nc3ccc(Cl)cc3)cc2[N+](=O)[O-])c(O)n1-c1cccc(C(F)(F)F)c1. The Labute approximate surface area is 257 Å². The summed E-state index contributed by atoms with van der Waals surface area (Å²) in [6, 6.07) is 18.5. The number of nitrogens with zero attached hydrogens (tertiary/aromatic N) is 3. The molecule has 0 unspecified atom stereocenters. The van der Waals surface area contributed by atoms with Gasteiger partial charge in [0.05, 0.1) is 32.8 Å². The fraction of sp³-hybridized carbons (Fsp3) is 0.0345. The summed E-state index contributed by atoms with van der Waals surface area (Å²) in [6.07, 6.45) is -3.69. The summed E-state index contributed by atoms with van der Waals surface area (Å²) >= 11 is 5.82. The summed E-state index contributed by atoms with van der Waals surface area (Å²) in [5.74, 6) is -0.743. The van der Waals surface area contributed by atoms with E-state index in [2.05, 4.69) is 15.2 Å². The number of aromatic hydroxyl groups is 1. The van der Waals surface area contributed by atoms with E-state index < -0.39 is 48.7 Å². The Morgan fingerprint density at radius 2 is 1.64 bits per heavy atom. The highest BCUT2D eigenvalue weighted by Crippen LogP contribution is 2.33. The first-order chi connectivity index (χ1) is 21.3. The van der Waals surface area contributed by atoms with Crippen LogP contribution in [0, 0.1) is 10.1 Å². The van der Waals surface area contributed by atoms with Gasteiger partial charge in [0, 0.05) is 27.5 Å². The van der Waals surface area contributed by atoms with E-state index in [1.807, 2.05) is 0 Å². The maximum absolute atomic E-state index is 13.4. The molecule has 0 aliphatic carbocycles. The molecule has 45 heavy (non-hydrogen) atoms. The van der Waals surface area contributed by atoms with Gasteiger partial charge in [-0.1, -0.05) is 35.9 Å². The number of benzene rings is 4. The molecular weight excluding hydrogens is 639 g/mol. The Morgan fingerprint density at radius 3 is 2.31 bits per heavy atom. The lowest BCUT2D eigenvalue weighted by molar-refractivity contribution is -0.384. The van der Waals surface area contributed by atoms with Gasteiger partial charge in [0.2, 0.25) is 5.88 Å². The lowest BCUT2D eigenvalue weighted by Crippen LogP contribution is -2.20. The molecule has 5 aromatic rings. The number of nitro groups is 1. The van der Waals surface area contributed by atoms with Gasteiger partial charge in [-0.2, -0.15) is 18.3 Å². The molecular formula is C29H19ClF3N5O6S. The fourth-order valence-corrected chi connectivity index (χ4v) is 5.58. The summed E-state index contributed by atoms with van der Waals surface area (Å²) < 4.78 is 68.8. The fourth-order valence-electron chi connectivity index (χ4n) is 4.37. The second kappa shape index (κ2) is 11.9. The van der Waals surface area contributed by atoms with E-state index in [1.54, 1.807) is 6.07 Å². The van der Waals surface area contributed by atoms with Gasteiger partial charge in [-0.3, -0.25) is 25.1 Å². The minimum absolute atomic E-state index is 0.0443. The Hall–Kier alpha value is -5.41. The van der Waals surface area contributed by atoms with Gasteiger partial charge >= 0.3 is 6.18 Å². The van der Waals surface area contributed by atoms with Crippen LogP contribution in [0.25, 0.3) is 16.5 Å². The summed E-state index contributed by atoms with van der Waals surface area (Å²) in [5.41, 5.74) is -0.487. The van der Waals surface area contributed by atoms with Crippen LogP contribution in [0.2, 0.25) is 5.02 Å². The molecule has 230 valence electrons. The minimum atomic E-state index is -4.71. The van der Waals surface area contributed by atoms with Crippen LogP contribution in [0.3, 0.4) is 0 Å². The van der Waals surface area contributed by atoms with Crippen molar-refractivity contribution in [1.29, 1.82) is 0 Å². The van der Waals surface area contributed by atoms with Crippen molar-refractivity contribution < 1.29 is 31.6 Å². The molecule has 16 heteroatoms. The summed E-state index contributed by atoms with van der Waals surface area (Å²) in [7, 11) is -4.24. The minimum Gasteiger partial charge on any atom is -0.494 e. The van der Waals surface area contributed by atoms with E-state index in [0.29, 0.717) is 15.7 Å². The smallest absolute Gasteiger partial charge is 0.416 e. The van der Waals surface area contributed by atoms with Crippen LogP contribution in [0.5, 0.6) is 5.88 Å². The van der Waals surface area contributed by atoms with Gasteiger partial charge in [-0.05, 0) is 60.7 Å². The highest BCUT2D eigenvalue weighted by Gasteiger charge is 2.31. The number of hydrogen-bond donors (Lipinski definition) is 3. The first-order valence-corrected chi connectivity index (χ1v) is 14.5. The number of aromatic nitrogens is 1. The zero-order valence-electron chi connectivity index (χ0n) is 22.5. The number of nitro benzene ring substituents is 1. The van der Waals surface area contributed by atoms with Gasteiger partial charge in [-0.15, -0.1) is 0 Å². The Morgan fingerprint density at radius 1 is 0.956 bits per heavy atom. The molecule has 0 radical (unpaired) electrons. The summed E-state index contributed by atoms with van der Waals surface area (Å²) in [5, 5.41) is 27.5. The quantitative estimate of drug-likeness (QED) is 0.0974. The molecule has 5 rings (SSSR count). The van der Waals surface area contributed by atoms with Crippen molar-refractivity contribution in [3.8, 4) is 11.6 Å². The van der Waals surface area contributed by atoms with E-state index in [0.717, 1.165) is 36.5 Å². The molecule has 3 N–H and O–H groups in total. The number of nitrogens with one attached hydrogen (secondary N) is 2. The van der Waals surface area contributed by atoms with Gasteiger partial charge < -0.3 is 5.11 Å². The molecule has 11 nitrogen and oxygen atoms in total. The van der Waals surface area contributed by atoms with E-state index >= 15 is 0 Å². The number of pyridine rings is 1. The van der Waals surface area contributed by atoms with Crippen molar-refractivity contribution >= 4 is 55.7 Å².